The van der Waals surface area contributed by atoms with E-state index in [1.165, 1.54) is 11.1 Å². The van der Waals surface area contributed by atoms with Crippen molar-refractivity contribution >= 4 is 0 Å². The van der Waals surface area contributed by atoms with Gasteiger partial charge in [-0.1, -0.05) is 26.0 Å². The van der Waals surface area contributed by atoms with Crippen LogP contribution in [0.15, 0.2) is 18.2 Å². The topological polar surface area (TPSA) is 35.2 Å². The number of hydrogen-bond acceptors (Lipinski definition) is 2. The summed E-state index contributed by atoms with van der Waals surface area (Å²) in [5.41, 5.74) is 8.17. The van der Waals surface area contributed by atoms with Crippen molar-refractivity contribution in [1.29, 1.82) is 0 Å². The summed E-state index contributed by atoms with van der Waals surface area (Å²) in [7, 11) is 0. The second kappa shape index (κ2) is 5.76. The van der Waals surface area contributed by atoms with Crippen molar-refractivity contribution in [1.82, 2.24) is 0 Å². The molecule has 2 nitrogen and oxygen atoms in total. The zero-order chi connectivity index (χ0) is 11.3. The van der Waals surface area contributed by atoms with Gasteiger partial charge in [0, 0.05) is 5.92 Å². The molecule has 1 rings (SSSR count). The standard InChI is InChI=1S/C13H21NO/c1-4-12-11(3)6-5-7-13(12)15-9-10(2)8-14/h5-7,10H,4,8-9,14H2,1-3H3. The average Bonchev–Trinajstić information content (AvgIpc) is 2.25. The van der Waals surface area contributed by atoms with Gasteiger partial charge >= 0.3 is 0 Å². The van der Waals surface area contributed by atoms with E-state index in [2.05, 4.69) is 26.8 Å². The smallest absolute Gasteiger partial charge is 0.122 e. The number of ether oxygens (including phenoxy) is 1. The molecule has 0 radical (unpaired) electrons. The zero-order valence-electron chi connectivity index (χ0n) is 9.92. The molecule has 2 heteroatoms. The normalized spacial score (nSPS) is 12.5. The van der Waals surface area contributed by atoms with E-state index in [1.807, 2.05) is 12.1 Å². The summed E-state index contributed by atoms with van der Waals surface area (Å²) >= 11 is 0. The van der Waals surface area contributed by atoms with Crippen LogP contribution in [0.3, 0.4) is 0 Å². The van der Waals surface area contributed by atoms with Crippen molar-refractivity contribution in [2.75, 3.05) is 13.2 Å². The van der Waals surface area contributed by atoms with Crippen LogP contribution in [0, 0.1) is 12.8 Å². The minimum atomic E-state index is 0.412. The molecular formula is C13H21NO. The fourth-order valence-corrected chi connectivity index (χ4v) is 1.56. The van der Waals surface area contributed by atoms with Crippen LogP contribution in [-0.4, -0.2) is 13.2 Å². The maximum absolute atomic E-state index is 5.78. The Morgan fingerprint density at radius 3 is 2.73 bits per heavy atom. The molecule has 0 saturated heterocycles. The lowest BCUT2D eigenvalue weighted by Crippen LogP contribution is -2.18. The van der Waals surface area contributed by atoms with Crippen LogP contribution in [-0.2, 0) is 6.42 Å². The number of aryl methyl sites for hydroxylation is 1. The maximum Gasteiger partial charge on any atom is 0.122 e. The lowest BCUT2D eigenvalue weighted by atomic mass is 10.1. The SMILES string of the molecule is CCc1c(C)cccc1OCC(C)CN. The second-order valence-electron chi connectivity index (χ2n) is 4.06. The summed E-state index contributed by atoms with van der Waals surface area (Å²) in [6.45, 7) is 7.75. The average molecular weight is 207 g/mol. The van der Waals surface area contributed by atoms with Crippen molar-refractivity contribution < 1.29 is 4.74 Å². The van der Waals surface area contributed by atoms with E-state index in [0.717, 1.165) is 12.2 Å². The Hall–Kier alpha value is -1.02. The highest BCUT2D eigenvalue weighted by Gasteiger charge is 2.06. The molecule has 0 amide bonds. The van der Waals surface area contributed by atoms with Gasteiger partial charge in [0.1, 0.15) is 5.75 Å². The third-order valence-electron chi connectivity index (χ3n) is 2.65. The molecule has 0 heterocycles. The van der Waals surface area contributed by atoms with Crippen molar-refractivity contribution in [2.24, 2.45) is 11.7 Å². The van der Waals surface area contributed by atoms with Gasteiger partial charge in [0.25, 0.3) is 0 Å². The molecule has 1 atom stereocenters. The number of rotatable bonds is 5. The largest absolute Gasteiger partial charge is 0.493 e. The fourth-order valence-electron chi connectivity index (χ4n) is 1.56. The Bertz CT molecular complexity index is 309. The summed E-state index contributed by atoms with van der Waals surface area (Å²) < 4.78 is 5.78. The van der Waals surface area contributed by atoms with Crippen LogP contribution in [0.5, 0.6) is 5.75 Å². The van der Waals surface area contributed by atoms with Crippen molar-refractivity contribution in [3.05, 3.63) is 29.3 Å². The highest BCUT2D eigenvalue weighted by Crippen LogP contribution is 2.22. The van der Waals surface area contributed by atoms with E-state index >= 15 is 0 Å². The highest BCUT2D eigenvalue weighted by molar-refractivity contribution is 5.39. The van der Waals surface area contributed by atoms with Gasteiger partial charge in [-0.25, -0.2) is 0 Å². The van der Waals surface area contributed by atoms with Crippen LogP contribution in [0.1, 0.15) is 25.0 Å². The van der Waals surface area contributed by atoms with Crippen molar-refractivity contribution in [3.63, 3.8) is 0 Å². The summed E-state index contributed by atoms with van der Waals surface area (Å²) in [5.74, 6) is 1.42. The van der Waals surface area contributed by atoms with Gasteiger partial charge in [0.05, 0.1) is 6.61 Å². The molecule has 84 valence electrons. The lowest BCUT2D eigenvalue weighted by Gasteiger charge is -2.15. The Labute approximate surface area is 92.4 Å². The fraction of sp³-hybridized carbons (Fsp3) is 0.538. The molecule has 0 aliphatic rings. The molecule has 1 aromatic carbocycles. The number of benzene rings is 1. The van der Waals surface area contributed by atoms with E-state index in [0.29, 0.717) is 19.1 Å². The Balaban J connectivity index is 2.72. The predicted octanol–water partition coefficient (Wildman–Crippen LogP) is 2.53. The third-order valence-corrected chi connectivity index (χ3v) is 2.65. The second-order valence-corrected chi connectivity index (χ2v) is 4.06. The van der Waals surface area contributed by atoms with Crippen LogP contribution >= 0.6 is 0 Å². The molecule has 0 spiro atoms. The van der Waals surface area contributed by atoms with Gasteiger partial charge in [-0.3, -0.25) is 0 Å². The summed E-state index contributed by atoms with van der Waals surface area (Å²) in [6.07, 6.45) is 1.01. The van der Waals surface area contributed by atoms with Gasteiger partial charge in [0.15, 0.2) is 0 Å². The van der Waals surface area contributed by atoms with Crippen LogP contribution in [0.25, 0.3) is 0 Å². The predicted molar refractivity (Wildman–Crippen MR) is 64.3 cm³/mol. The van der Waals surface area contributed by atoms with E-state index in [-0.39, 0.29) is 0 Å². The van der Waals surface area contributed by atoms with Crippen molar-refractivity contribution in [2.45, 2.75) is 27.2 Å². The minimum Gasteiger partial charge on any atom is -0.493 e. The molecule has 15 heavy (non-hydrogen) atoms. The van der Waals surface area contributed by atoms with Crippen LogP contribution in [0.4, 0.5) is 0 Å². The minimum absolute atomic E-state index is 0.412. The van der Waals surface area contributed by atoms with Crippen LogP contribution in [0.2, 0.25) is 0 Å². The van der Waals surface area contributed by atoms with Gasteiger partial charge in [-0.05, 0) is 37.1 Å². The Morgan fingerprint density at radius 1 is 1.40 bits per heavy atom. The van der Waals surface area contributed by atoms with Gasteiger partial charge in [0.2, 0.25) is 0 Å². The number of hydrogen-bond donors (Lipinski definition) is 1. The molecule has 1 aromatic rings. The lowest BCUT2D eigenvalue weighted by molar-refractivity contribution is 0.261. The van der Waals surface area contributed by atoms with E-state index in [1.54, 1.807) is 0 Å². The van der Waals surface area contributed by atoms with Gasteiger partial charge in [-0.2, -0.15) is 0 Å². The van der Waals surface area contributed by atoms with Crippen molar-refractivity contribution in [3.8, 4) is 5.75 Å². The summed E-state index contributed by atoms with van der Waals surface area (Å²) in [6, 6.07) is 6.20. The first kappa shape index (κ1) is 12.1. The molecule has 2 N–H and O–H groups in total. The van der Waals surface area contributed by atoms with Gasteiger partial charge < -0.3 is 10.5 Å². The van der Waals surface area contributed by atoms with Gasteiger partial charge in [-0.15, -0.1) is 0 Å². The van der Waals surface area contributed by atoms with E-state index < -0.39 is 0 Å². The summed E-state index contributed by atoms with van der Waals surface area (Å²) in [4.78, 5) is 0. The molecule has 0 bridgehead atoms. The molecule has 1 unspecified atom stereocenters. The molecule has 0 saturated carbocycles. The number of nitrogens with two attached hydrogens (primary N) is 1. The first-order valence-corrected chi connectivity index (χ1v) is 5.60. The molecule has 0 aliphatic heterocycles. The third kappa shape index (κ3) is 3.24. The monoisotopic (exact) mass is 207 g/mol. The Kier molecular flexibility index (Phi) is 4.63. The highest BCUT2D eigenvalue weighted by atomic mass is 16.5. The molecular weight excluding hydrogens is 186 g/mol. The first-order valence-electron chi connectivity index (χ1n) is 5.60. The van der Waals surface area contributed by atoms with E-state index in [4.69, 9.17) is 10.5 Å². The van der Waals surface area contributed by atoms with E-state index in [9.17, 15) is 0 Å². The molecule has 0 fully saturated rings. The van der Waals surface area contributed by atoms with Crippen LogP contribution < -0.4 is 10.5 Å². The maximum atomic E-state index is 5.78. The summed E-state index contributed by atoms with van der Waals surface area (Å²) in [5, 5.41) is 0. The Morgan fingerprint density at radius 2 is 2.13 bits per heavy atom. The molecule has 0 aromatic heterocycles. The zero-order valence-corrected chi connectivity index (χ0v) is 9.92. The quantitative estimate of drug-likeness (QED) is 0.805. The molecule has 0 aliphatic carbocycles. The first-order chi connectivity index (χ1) is 7.19.